The molecule has 112 valence electrons. The Morgan fingerprint density at radius 2 is 2.00 bits per heavy atom. The molecule has 2 amide bonds. The Morgan fingerprint density at radius 3 is 2.60 bits per heavy atom. The van der Waals surface area contributed by atoms with Crippen molar-refractivity contribution in [3.63, 3.8) is 0 Å². The molecule has 1 saturated carbocycles. The van der Waals surface area contributed by atoms with Crippen LogP contribution in [-0.2, 0) is 14.3 Å². The summed E-state index contributed by atoms with van der Waals surface area (Å²) in [6, 6.07) is 0. The van der Waals surface area contributed by atoms with Gasteiger partial charge in [0, 0.05) is 31.0 Å². The van der Waals surface area contributed by atoms with Crippen LogP contribution in [0.3, 0.4) is 0 Å². The highest BCUT2D eigenvalue weighted by Crippen LogP contribution is 2.32. The Labute approximate surface area is 120 Å². The number of hydrogen-bond donors (Lipinski definition) is 1. The third-order valence-corrected chi connectivity index (χ3v) is 4.62. The molecule has 20 heavy (non-hydrogen) atoms. The Bertz CT molecular complexity index is 402. The van der Waals surface area contributed by atoms with E-state index in [2.05, 4.69) is 12.2 Å². The normalized spacial score (nSPS) is 28.6. The minimum atomic E-state index is -0.0314. The molecule has 5 heteroatoms. The van der Waals surface area contributed by atoms with Gasteiger partial charge in [-0.15, -0.1) is 0 Å². The first-order valence-electron chi connectivity index (χ1n) is 7.72. The molecule has 5 nitrogen and oxygen atoms in total. The first-order valence-corrected chi connectivity index (χ1v) is 7.72. The van der Waals surface area contributed by atoms with E-state index in [9.17, 15) is 9.59 Å². The standard InChI is InChI=1S/C15H24N2O3/c1-15(9-20-10-15)8-16-13(18)12-3-2-6-17(7-12)14(19)11-4-5-11/h11-12H,2-10H2,1H3,(H,16,18). The highest BCUT2D eigenvalue weighted by atomic mass is 16.5. The van der Waals surface area contributed by atoms with Gasteiger partial charge in [-0.25, -0.2) is 0 Å². The van der Waals surface area contributed by atoms with Crippen molar-refractivity contribution >= 4 is 11.8 Å². The molecule has 1 aliphatic carbocycles. The zero-order chi connectivity index (χ0) is 14.2. The molecule has 2 heterocycles. The Balaban J connectivity index is 1.48. The van der Waals surface area contributed by atoms with Crippen LogP contribution in [0, 0.1) is 17.3 Å². The van der Waals surface area contributed by atoms with Gasteiger partial charge < -0.3 is 15.0 Å². The molecule has 3 fully saturated rings. The number of likely N-dealkylation sites (tertiary alicyclic amines) is 1. The molecule has 2 saturated heterocycles. The SMILES string of the molecule is CC1(CNC(=O)C2CCCN(C(=O)C3CC3)C2)COC1. The second-order valence-corrected chi connectivity index (χ2v) is 6.92. The molecule has 0 radical (unpaired) electrons. The second-order valence-electron chi connectivity index (χ2n) is 6.92. The monoisotopic (exact) mass is 280 g/mol. The van der Waals surface area contributed by atoms with E-state index in [1.807, 2.05) is 4.90 Å². The summed E-state index contributed by atoms with van der Waals surface area (Å²) in [4.78, 5) is 26.2. The lowest BCUT2D eigenvalue weighted by Gasteiger charge is -2.39. The van der Waals surface area contributed by atoms with E-state index in [0.29, 0.717) is 13.1 Å². The number of carbonyl (C=O) groups excluding carboxylic acids is 2. The predicted molar refractivity (Wildman–Crippen MR) is 74.0 cm³/mol. The van der Waals surface area contributed by atoms with Crippen LogP contribution in [-0.4, -0.2) is 49.6 Å². The van der Waals surface area contributed by atoms with Crippen LogP contribution in [0.15, 0.2) is 0 Å². The average molecular weight is 280 g/mol. The maximum Gasteiger partial charge on any atom is 0.225 e. The van der Waals surface area contributed by atoms with Crippen molar-refractivity contribution in [1.82, 2.24) is 10.2 Å². The van der Waals surface area contributed by atoms with Crippen molar-refractivity contribution in [3.05, 3.63) is 0 Å². The number of hydrogen-bond acceptors (Lipinski definition) is 3. The van der Waals surface area contributed by atoms with Crippen LogP contribution in [0.25, 0.3) is 0 Å². The Morgan fingerprint density at radius 1 is 1.25 bits per heavy atom. The quantitative estimate of drug-likeness (QED) is 0.828. The first-order chi connectivity index (χ1) is 9.57. The molecule has 1 unspecified atom stereocenters. The highest BCUT2D eigenvalue weighted by molar-refractivity contribution is 5.83. The van der Waals surface area contributed by atoms with Crippen molar-refractivity contribution in [2.24, 2.45) is 17.3 Å². The third-order valence-electron chi connectivity index (χ3n) is 4.62. The highest BCUT2D eigenvalue weighted by Gasteiger charge is 2.38. The molecule has 3 aliphatic rings. The zero-order valence-electron chi connectivity index (χ0n) is 12.2. The van der Waals surface area contributed by atoms with Gasteiger partial charge in [0.25, 0.3) is 0 Å². The summed E-state index contributed by atoms with van der Waals surface area (Å²) in [5.74, 6) is 0.590. The summed E-state index contributed by atoms with van der Waals surface area (Å²) in [5, 5.41) is 3.04. The summed E-state index contributed by atoms with van der Waals surface area (Å²) < 4.78 is 5.19. The number of ether oxygens (including phenoxy) is 1. The zero-order valence-corrected chi connectivity index (χ0v) is 12.2. The number of nitrogens with one attached hydrogen (secondary N) is 1. The Kier molecular flexibility index (Phi) is 3.71. The molecule has 0 bridgehead atoms. The van der Waals surface area contributed by atoms with Crippen molar-refractivity contribution in [2.45, 2.75) is 32.6 Å². The maximum atomic E-state index is 12.2. The lowest BCUT2D eigenvalue weighted by Crippen LogP contribution is -2.51. The fraction of sp³-hybridized carbons (Fsp3) is 0.867. The van der Waals surface area contributed by atoms with Crippen LogP contribution in [0.2, 0.25) is 0 Å². The van der Waals surface area contributed by atoms with Crippen molar-refractivity contribution < 1.29 is 14.3 Å². The van der Waals surface area contributed by atoms with Crippen molar-refractivity contribution in [1.29, 1.82) is 0 Å². The van der Waals surface area contributed by atoms with Gasteiger partial charge in [-0.05, 0) is 25.7 Å². The molecule has 2 aliphatic heterocycles. The van der Waals surface area contributed by atoms with Crippen molar-refractivity contribution in [3.8, 4) is 0 Å². The van der Waals surface area contributed by atoms with Gasteiger partial charge in [0.05, 0.1) is 19.1 Å². The summed E-state index contributed by atoms with van der Waals surface area (Å²) in [5.41, 5.74) is 0.105. The van der Waals surface area contributed by atoms with E-state index in [1.54, 1.807) is 0 Å². The van der Waals surface area contributed by atoms with E-state index in [0.717, 1.165) is 45.4 Å². The molecular formula is C15H24N2O3. The predicted octanol–water partition coefficient (Wildman–Crippen LogP) is 0.788. The lowest BCUT2D eigenvalue weighted by molar-refractivity contribution is -0.138. The van der Waals surface area contributed by atoms with E-state index in [4.69, 9.17) is 4.74 Å². The molecule has 3 rings (SSSR count). The first kappa shape index (κ1) is 13.9. The molecule has 0 spiro atoms. The number of piperidine rings is 1. The van der Waals surface area contributed by atoms with E-state index < -0.39 is 0 Å². The number of nitrogens with zero attached hydrogens (tertiary/aromatic N) is 1. The van der Waals surface area contributed by atoms with Gasteiger partial charge in [0.1, 0.15) is 0 Å². The van der Waals surface area contributed by atoms with Crippen LogP contribution in [0.4, 0.5) is 0 Å². The minimum absolute atomic E-state index is 0.0314. The van der Waals surface area contributed by atoms with Gasteiger partial charge in [-0.3, -0.25) is 9.59 Å². The van der Waals surface area contributed by atoms with Gasteiger partial charge in [0.15, 0.2) is 0 Å². The molecule has 0 aromatic rings. The van der Waals surface area contributed by atoms with Crippen LogP contribution in [0.1, 0.15) is 32.6 Å². The van der Waals surface area contributed by atoms with Gasteiger partial charge in [-0.1, -0.05) is 6.92 Å². The fourth-order valence-electron chi connectivity index (χ4n) is 2.98. The molecule has 1 atom stereocenters. The summed E-state index contributed by atoms with van der Waals surface area (Å²) in [6.45, 7) is 5.69. The van der Waals surface area contributed by atoms with Gasteiger partial charge in [-0.2, -0.15) is 0 Å². The smallest absolute Gasteiger partial charge is 0.225 e. The molecule has 1 N–H and O–H groups in total. The van der Waals surface area contributed by atoms with Crippen molar-refractivity contribution in [2.75, 3.05) is 32.8 Å². The molecular weight excluding hydrogens is 256 g/mol. The van der Waals surface area contributed by atoms with Crippen LogP contribution in [0.5, 0.6) is 0 Å². The van der Waals surface area contributed by atoms with Gasteiger partial charge in [0.2, 0.25) is 11.8 Å². The lowest BCUT2D eigenvalue weighted by atomic mass is 9.88. The Hall–Kier alpha value is -1.10. The molecule has 0 aromatic carbocycles. The third kappa shape index (κ3) is 2.97. The van der Waals surface area contributed by atoms with Crippen LogP contribution < -0.4 is 5.32 Å². The maximum absolute atomic E-state index is 12.2. The average Bonchev–Trinajstić information content (AvgIpc) is 3.26. The van der Waals surface area contributed by atoms with Gasteiger partial charge >= 0.3 is 0 Å². The van der Waals surface area contributed by atoms with Crippen LogP contribution >= 0.6 is 0 Å². The van der Waals surface area contributed by atoms with E-state index >= 15 is 0 Å². The topological polar surface area (TPSA) is 58.6 Å². The van der Waals surface area contributed by atoms with E-state index in [1.165, 1.54) is 0 Å². The number of amides is 2. The minimum Gasteiger partial charge on any atom is -0.380 e. The largest absolute Gasteiger partial charge is 0.380 e. The van der Waals surface area contributed by atoms with E-state index in [-0.39, 0.29) is 29.1 Å². The molecule has 0 aromatic heterocycles. The number of carbonyl (C=O) groups is 2. The summed E-state index contributed by atoms with van der Waals surface area (Å²) in [7, 11) is 0. The summed E-state index contributed by atoms with van der Waals surface area (Å²) in [6.07, 6.45) is 3.90. The number of rotatable bonds is 4. The fourth-order valence-corrected chi connectivity index (χ4v) is 2.98. The second kappa shape index (κ2) is 5.35. The summed E-state index contributed by atoms with van der Waals surface area (Å²) >= 11 is 0.